The molecule has 2 amide bonds. The molecule has 6 heteroatoms. The number of amides is 2. The quantitative estimate of drug-likeness (QED) is 0.500. The SMILES string of the molecule is NC(=O)N(O)CC1CC1c1cccc(Oc2ccccc2)c1.[KH]. The molecule has 2 unspecified atom stereocenters. The van der Waals surface area contributed by atoms with Crippen molar-refractivity contribution in [2.45, 2.75) is 12.3 Å². The molecule has 0 bridgehead atoms. The van der Waals surface area contributed by atoms with Crippen molar-refractivity contribution in [1.29, 1.82) is 0 Å². The molecule has 0 radical (unpaired) electrons. The minimum absolute atomic E-state index is 0. The predicted molar refractivity (Wildman–Crippen MR) is 89.0 cm³/mol. The van der Waals surface area contributed by atoms with E-state index >= 15 is 0 Å². The van der Waals surface area contributed by atoms with Crippen LogP contribution in [0.25, 0.3) is 0 Å². The van der Waals surface area contributed by atoms with Gasteiger partial charge in [0.2, 0.25) is 0 Å². The number of ether oxygens (including phenoxy) is 1. The van der Waals surface area contributed by atoms with Gasteiger partial charge in [0, 0.05) is 0 Å². The van der Waals surface area contributed by atoms with Gasteiger partial charge < -0.3 is 10.5 Å². The van der Waals surface area contributed by atoms with Crippen LogP contribution in [-0.2, 0) is 0 Å². The Hall–Kier alpha value is -0.894. The van der Waals surface area contributed by atoms with E-state index in [1.54, 1.807) is 0 Å². The summed E-state index contributed by atoms with van der Waals surface area (Å²) >= 11 is 0. The summed E-state index contributed by atoms with van der Waals surface area (Å²) in [5, 5.41) is 9.96. The molecule has 1 aliphatic rings. The number of urea groups is 1. The number of hydrogen-bond acceptors (Lipinski definition) is 3. The van der Waals surface area contributed by atoms with Gasteiger partial charge in [-0.25, -0.2) is 9.86 Å². The van der Waals surface area contributed by atoms with E-state index in [1.807, 2.05) is 54.6 Å². The summed E-state index contributed by atoms with van der Waals surface area (Å²) in [4.78, 5) is 10.8. The van der Waals surface area contributed by atoms with Gasteiger partial charge >= 0.3 is 57.4 Å². The molecule has 116 valence electrons. The summed E-state index contributed by atoms with van der Waals surface area (Å²) in [7, 11) is 0. The third-order valence-electron chi connectivity index (χ3n) is 3.85. The van der Waals surface area contributed by atoms with Crippen LogP contribution in [0.1, 0.15) is 17.9 Å². The van der Waals surface area contributed by atoms with Gasteiger partial charge in [-0.3, -0.25) is 5.21 Å². The monoisotopic (exact) mass is 338 g/mol. The van der Waals surface area contributed by atoms with Crippen LogP contribution in [0.3, 0.4) is 0 Å². The van der Waals surface area contributed by atoms with Crippen LogP contribution in [-0.4, -0.2) is 74.2 Å². The molecule has 1 aliphatic carbocycles. The van der Waals surface area contributed by atoms with Crippen molar-refractivity contribution >= 4 is 57.4 Å². The molecule has 0 aromatic heterocycles. The first-order valence-electron chi connectivity index (χ1n) is 7.22. The molecule has 5 nitrogen and oxygen atoms in total. The number of carbonyl (C=O) groups is 1. The Morgan fingerprint density at radius 2 is 1.87 bits per heavy atom. The van der Waals surface area contributed by atoms with Gasteiger partial charge in [0.1, 0.15) is 11.5 Å². The van der Waals surface area contributed by atoms with Gasteiger partial charge in [-0.2, -0.15) is 0 Å². The maximum absolute atomic E-state index is 10.8. The second-order valence-electron chi connectivity index (χ2n) is 5.51. The number of hydrogen-bond donors (Lipinski definition) is 2. The van der Waals surface area contributed by atoms with Crippen molar-refractivity contribution < 1.29 is 14.7 Å². The Balaban J connectivity index is 0.00000192. The molecule has 3 rings (SSSR count). The zero-order chi connectivity index (χ0) is 15.5. The first-order valence-corrected chi connectivity index (χ1v) is 7.22. The van der Waals surface area contributed by atoms with Gasteiger partial charge in [0.15, 0.2) is 0 Å². The van der Waals surface area contributed by atoms with Crippen LogP contribution in [0.4, 0.5) is 4.79 Å². The number of nitrogens with zero attached hydrogens (tertiary/aromatic N) is 1. The van der Waals surface area contributed by atoms with Crippen LogP contribution in [0, 0.1) is 5.92 Å². The zero-order valence-corrected chi connectivity index (χ0v) is 12.1. The summed E-state index contributed by atoms with van der Waals surface area (Å²) in [5.41, 5.74) is 6.17. The van der Waals surface area contributed by atoms with Crippen molar-refractivity contribution in [1.82, 2.24) is 5.06 Å². The first kappa shape index (κ1) is 18.4. The molecule has 2 aromatic carbocycles. The number of nitrogens with two attached hydrogens (primary N) is 1. The van der Waals surface area contributed by atoms with E-state index in [1.165, 1.54) is 0 Å². The van der Waals surface area contributed by atoms with Crippen molar-refractivity contribution in [3.8, 4) is 11.5 Å². The van der Waals surface area contributed by atoms with E-state index in [2.05, 4.69) is 0 Å². The summed E-state index contributed by atoms with van der Waals surface area (Å²) in [6.45, 7) is 0.268. The molecule has 0 spiro atoms. The first-order chi connectivity index (χ1) is 10.6. The number of carbonyl (C=O) groups excluding carboxylic acids is 1. The number of hydroxylamine groups is 2. The molecular weight excluding hydrogens is 319 g/mol. The average molecular weight is 338 g/mol. The average Bonchev–Trinajstić information content (AvgIpc) is 3.28. The standard InChI is InChI=1S/C17H18N2O3.K.H/c18-17(20)19(21)11-13-10-16(13)12-5-4-8-15(9-12)22-14-6-2-1-3-7-14;;/h1-9,13,16,21H,10-11H2,(H2,18,20);;. The van der Waals surface area contributed by atoms with Gasteiger partial charge in [0.05, 0.1) is 6.54 Å². The molecule has 1 fully saturated rings. The molecule has 0 heterocycles. The molecule has 1 saturated carbocycles. The van der Waals surface area contributed by atoms with E-state index < -0.39 is 6.03 Å². The van der Waals surface area contributed by atoms with Crippen LogP contribution in [0.2, 0.25) is 0 Å². The number of para-hydroxylation sites is 1. The van der Waals surface area contributed by atoms with E-state index in [0.717, 1.165) is 23.5 Å². The predicted octanol–water partition coefficient (Wildman–Crippen LogP) is 2.70. The number of benzene rings is 2. The fraction of sp³-hybridized carbons (Fsp3) is 0.235. The van der Waals surface area contributed by atoms with Crippen molar-refractivity contribution in [2.75, 3.05) is 6.54 Å². The Labute approximate surface area is 177 Å². The second-order valence-corrected chi connectivity index (χ2v) is 5.51. The summed E-state index contributed by atoms with van der Waals surface area (Å²) in [5.74, 6) is 2.14. The third kappa shape index (κ3) is 5.04. The van der Waals surface area contributed by atoms with Crippen LogP contribution >= 0.6 is 0 Å². The second kappa shape index (κ2) is 8.28. The number of rotatable bonds is 5. The fourth-order valence-electron chi connectivity index (χ4n) is 2.60. The molecule has 0 aliphatic heterocycles. The third-order valence-corrected chi connectivity index (χ3v) is 3.85. The zero-order valence-electron chi connectivity index (χ0n) is 12.1. The van der Waals surface area contributed by atoms with Crippen LogP contribution in [0.15, 0.2) is 54.6 Å². The fourth-order valence-corrected chi connectivity index (χ4v) is 2.60. The van der Waals surface area contributed by atoms with Gasteiger partial charge in [-0.05, 0) is 48.1 Å². The minimum atomic E-state index is -0.813. The summed E-state index contributed by atoms with van der Waals surface area (Å²) in [6, 6.07) is 16.7. The van der Waals surface area contributed by atoms with E-state index in [0.29, 0.717) is 11.0 Å². The Bertz CT molecular complexity index is 666. The van der Waals surface area contributed by atoms with Crippen molar-refractivity contribution in [3.05, 3.63) is 60.2 Å². The molecular formula is C17H19KN2O3. The molecule has 3 N–H and O–H groups in total. The molecule has 2 aromatic rings. The Morgan fingerprint density at radius 1 is 1.17 bits per heavy atom. The van der Waals surface area contributed by atoms with E-state index in [-0.39, 0.29) is 63.8 Å². The number of primary amides is 1. The van der Waals surface area contributed by atoms with Crippen molar-refractivity contribution in [3.63, 3.8) is 0 Å². The summed E-state index contributed by atoms with van der Waals surface area (Å²) in [6.07, 6.45) is 0.930. The summed E-state index contributed by atoms with van der Waals surface area (Å²) < 4.78 is 5.82. The normalized spacial score (nSPS) is 18.7. The molecule has 2 atom stereocenters. The van der Waals surface area contributed by atoms with Gasteiger partial charge in [-0.15, -0.1) is 0 Å². The van der Waals surface area contributed by atoms with E-state index in [9.17, 15) is 10.0 Å². The van der Waals surface area contributed by atoms with Gasteiger partial charge in [-0.1, -0.05) is 30.3 Å². The topological polar surface area (TPSA) is 75.8 Å². The molecule has 23 heavy (non-hydrogen) atoms. The van der Waals surface area contributed by atoms with Crippen LogP contribution < -0.4 is 10.5 Å². The Kier molecular flexibility index (Phi) is 6.64. The maximum atomic E-state index is 10.8. The molecule has 0 saturated heterocycles. The Morgan fingerprint density at radius 3 is 2.57 bits per heavy atom. The van der Waals surface area contributed by atoms with Crippen LogP contribution in [0.5, 0.6) is 11.5 Å². The van der Waals surface area contributed by atoms with Gasteiger partial charge in [0.25, 0.3) is 0 Å². The van der Waals surface area contributed by atoms with E-state index in [4.69, 9.17) is 10.5 Å². The van der Waals surface area contributed by atoms with Crippen molar-refractivity contribution in [2.24, 2.45) is 11.7 Å².